The van der Waals surface area contributed by atoms with E-state index >= 15 is 0 Å². The zero-order valence-electron chi connectivity index (χ0n) is 10.7. The summed E-state index contributed by atoms with van der Waals surface area (Å²) < 4.78 is 10.8. The van der Waals surface area contributed by atoms with Crippen molar-refractivity contribution in [2.45, 2.75) is 6.04 Å². The first-order valence-corrected chi connectivity index (χ1v) is 6.32. The number of hydrogen-bond acceptors (Lipinski definition) is 7. The molecule has 0 aliphatic carbocycles. The van der Waals surface area contributed by atoms with Crippen molar-refractivity contribution in [2.24, 2.45) is 0 Å². The number of morpholine rings is 1. The van der Waals surface area contributed by atoms with Gasteiger partial charge in [0.05, 0.1) is 18.1 Å². The van der Waals surface area contributed by atoms with Crippen molar-refractivity contribution >= 4 is 22.8 Å². The summed E-state index contributed by atoms with van der Waals surface area (Å²) in [6.45, 7) is 2.81. The van der Waals surface area contributed by atoms with Crippen LogP contribution in [0, 0.1) is 10.1 Å². The Morgan fingerprint density at radius 1 is 1.55 bits per heavy atom. The molecule has 1 aromatic carbocycles. The van der Waals surface area contributed by atoms with Gasteiger partial charge in [0.25, 0.3) is 11.7 Å². The first kappa shape index (κ1) is 12.8. The fourth-order valence-electron chi connectivity index (χ4n) is 2.07. The summed E-state index contributed by atoms with van der Waals surface area (Å²) in [5.74, 6) is 0. The maximum atomic E-state index is 10.7. The molecule has 106 valence electrons. The molecule has 8 heteroatoms. The van der Waals surface area contributed by atoms with Gasteiger partial charge < -0.3 is 19.8 Å². The summed E-state index contributed by atoms with van der Waals surface area (Å²) in [6, 6.07) is 4.90. The zero-order chi connectivity index (χ0) is 13.9. The van der Waals surface area contributed by atoms with E-state index in [4.69, 9.17) is 9.15 Å². The molecule has 1 fully saturated rings. The third-order valence-electron chi connectivity index (χ3n) is 3.08. The van der Waals surface area contributed by atoms with Crippen molar-refractivity contribution in [2.75, 3.05) is 31.6 Å². The molecule has 1 saturated heterocycles. The number of ether oxygens (including phenoxy) is 1. The Morgan fingerprint density at radius 2 is 2.45 bits per heavy atom. The number of nitro benzene ring substituents is 1. The minimum absolute atomic E-state index is 0.000280. The van der Waals surface area contributed by atoms with Gasteiger partial charge >= 0.3 is 0 Å². The maximum Gasteiger partial charge on any atom is 0.295 e. The second-order valence-corrected chi connectivity index (χ2v) is 4.54. The van der Waals surface area contributed by atoms with Crippen LogP contribution in [-0.2, 0) is 4.74 Å². The first-order valence-electron chi connectivity index (χ1n) is 6.32. The lowest BCUT2D eigenvalue weighted by molar-refractivity contribution is -0.384. The molecular weight excluding hydrogens is 264 g/mol. The van der Waals surface area contributed by atoms with Gasteiger partial charge in [-0.15, -0.1) is 0 Å². The van der Waals surface area contributed by atoms with Gasteiger partial charge in [-0.25, -0.2) is 0 Å². The number of nitrogens with one attached hydrogen (secondary N) is 2. The van der Waals surface area contributed by atoms with Gasteiger partial charge in [-0.1, -0.05) is 0 Å². The number of aromatic nitrogens is 1. The molecule has 2 heterocycles. The van der Waals surface area contributed by atoms with Gasteiger partial charge in [-0.3, -0.25) is 10.1 Å². The van der Waals surface area contributed by atoms with E-state index in [0.29, 0.717) is 30.3 Å². The molecule has 2 aromatic rings. The van der Waals surface area contributed by atoms with E-state index in [1.54, 1.807) is 6.07 Å². The smallest absolute Gasteiger partial charge is 0.295 e. The second-order valence-electron chi connectivity index (χ2n) is 4.54. The van der Waals surface area contributed by atoms with Crippen LogP contribution in [-0.4, -0.2) is 42.3 Å². The molecule has 3 rings (SSSR count). The number of anilines is 1. The second kappa shape index (κ2) is 5.43. The minimum atomic E-state index is -0.454. The topological polar surface area (TPSA) is 102 Å². The number of rotatable bonds is 4. The Kier molecular flexibility index (Phi) is 3.48. The first-order chi connectivity index (χ1) is 9.72. The van der Waals surface area contributed by atoms with Gasteiger partial charge in [0.1, 0.15) is 5.52 Å². The Labute approximate surface area is 114 Å². The predicted molar refractivity (Wildman–Crippen MR) is 71.8 cm³/mol. The molecule has 0 spiro atoms. The quantitative estimate of drug-likeness (QED) is 0.638. The highest BCUT2D eigenvalue weighted by Crippen LogP contribution is 2.23. The molecule has 20 heavy (non-hydrogen) atoms. The number of non-ortho nitro benzene ring substituents is 1. The molecule has 8 nitrogen and oxygen atoms in total. The van der Waals surface area contributed by atoms with Crippen LogP contribution in [0.25, 0.3) is 11.1 Å². The highest BCUT2D eigenvalue weighted by molar-refractivity contribution is 5.77. The van der Waals surface area contributed by atoms with Crippen LogP contribution in [0.4, 0.5) is 11.7 Å². The molecule has 1 aliphatic heterocycles. The Hall–Kier alpha value is -2.19. The van der Waals surface area contributed by atoms with E-state index in [1.807, 2.05) is 0 Å². The zero-order valence-corrected chi connectivity index (χ0v) is 10.7. The van der Waals surface area contributed by atoms with Gasteiger partial charge in [-0.2, -0.15) is 4.98 Å². The summed E-state index contributed by atoms with van der Waals surface area (Å²) >= 11 is 0. The van der Waals surface area contributed by atoms with Crippen LogP contribution in [0.1, 0.15) is 0 Å². The van der Waals surface area contributed by atoms with Crippen LogP contribution in [0.2, 0.25) is 0 Å². The number of hydrogen-bond donors (Lipinski definition) is 2. The summed E-state index contributed by atoms with van der Waals surface area (Å²) in [7, 11) is 0. The molecule has 1 aromatic heterocycles. The van der Waals surface area contributed by atoms with E-state index in [0.717, 1.165) is 13.2 Å². The van der Waals surface area contributed by atoms with E-state index in [2.05, 4.69) is 15.6 Å². The van der Waals surface area contributed by atoms with Crippen molar-refractivity contribution in [3.8, 4) is 0 Å². The molecular formula is C12H14N4O4. The highest BCUT2D eigenvalue weighted by atomic mass is 16.6. The van der Waals surface area contributed by atoms with Crippen LogP contribution >= 0.6 is 0 Å². The summed E-state index contributed by atoms with van der Waals surface area (Å²) in [6.07, 6.45) is 0. The van der Waals surface area contributed by atoms with Gasteiger partial charge in [0.15, 0.2) is 5.58 Å². The van der Waals surface area contributed by atoms with Crippen molar-refractivity contribution < 1.29 is 14.1 Å². The van der Waals surface area contributed by atoms with Crippen molar-refractivity contribution in [3.05, 3.63) is 28.3 Å². The SMILES string of the molecule is O=[N+]([O-])c1ccc2oc(NCC3COCCN3)nc2c1. The van der Waals surface area contributed by atoms with E-state index in [1.165, 1.54) is 12.1 Å². The van der Waals surface area contributed by atoms with Gasteiger partial charge in [0.2, 0.25) is 0 Å². The average molecular weight is 278 g/mol. The number of benzene rings is 1. The summed E-state index contributed by atoms with van der Waals surface area (Å²) in [5.41, 5.74) is 0.986. The molecule has 0 amide bonds. The number of fused-ring (bicyclic) bond motifs is 1. The van der Waals surface area contributed by atoms with Crippen LogP contribution in [0.3, 0.4) is 0 Å². The van der Waals surface area contributed by atoms with E-state index < -0.39 is 4.92 Å². The average Bonchev–Trinajstić information content (AvgIpc) is 2.88. The fraction of sp³-hybridized carbons (Fsp3) is 0.417. The third kappa shape index (κ3) is 2.70. The molecule has 1 unspecified atom stereocenters. The van der Waals surface area contributed by atoms with Crippen molar-refractivity contribution in [1.29, 1.82) is 0 Å². The number of nitro groups is 1. The molecule has 0 bridgehead atoms. The van der Waals surface area contributed by atoms with Gasteiger partial charge in [-0.05, 0) is 6.07 Å². The standard InChI is InChI=1S/C12H14N4O4/c17-16(18)9-1-2-11-10(5-9)15-12(20-11)14-6-8-7-19-4-3-13-8/h1-2,5,8,13H,3-4,6-7H2,(H,14,15). The Balaban J connectivity index is 1.70. The lowest BCUT2D eigenvalue weighted by atomic mass is 10.3. The lowest BCUT2D eigenvalue weighted by Gasteiger charge is -2.23. The maximum absolute atomic E-state index is 10.7. The monoisotopic (exact) mass is 278 g/mol. The molecule has 0 radical (unpaired) electrons. The molecule has 2 N–H and O–H groups in total. The lowest BCUT2D eigenvalue weighted by Crippen LogP contribution is -2.45. The van der Waals surface area contributed by atoms with Crippen LogP contribution < -0.4 is 10.6 Å². The van der Waals surface area contributed by atoms with E-state index in [9.17, 15) is 10.1 Å². The largest absolute Gasteiger partial charge is 0.424 e. The van der Waals surface area contributed by atoms with Crippen molar-refractivity contribution in [1.82, 2.24) is 10.3 Å². The Bertz CT molecular complexity index is 621. The van der Waals surface area contributed by atoms with E-state index in [-0.39, 0.29) is 11.7 Å². The number of nitrogens with zero attached hydrogens (tertiary/aromatic N) is 2. The third-order valence-corrected chi connectivity index (χ3v) is 3.08. The predicted octanol–water partition coefficient (Wildman–Crippen LogP) is 1.14. The highest BCUT2D eigenvalue weighted by Gasteiger charge is 2.15. The van der Waals surface area contributed by atoms with Crippen LogP contribution in [0.5, 0.6) is 0 Å². The summed E-state index contributed by atoms with van der Waals surface area (Å²) in [5, 5.41) is 17.1. The normalized spacial score (nSPS) is 19.1. The van der Waals surface area contributed by atoms with Gasteiger partial charge in [0, 0.05) is 31.3 Å². The minimum Gasteiger partial charge on any atom is -0.424 e. The molecule has 1 atom stereocenters. The summed E-state index contributed by atoms with van der Waals surface area (Å²) in [4.78, 5) is 14.4. The van der Waals surface area contributed by atoms with Crippen LogP contribution in [0.15, 0.2) is 22.6 Å². The molecule has 0 saturated carbocycles. The molecule has 1 aliphatic rings. The fourth-order valence-corrected chi connectivity index (χ4v) is 2.07. The number of oxazole rings is 1. The van der Waals surface area contributed by atoms with Crippen molar-refractivity contribution in [3.63, 3.8) is 0 Å². The Morgan fingerprint density at radius 3 is 3.20 bits per heavy atom.